The zero-order valence-corrected chi connectivity index (χ0v) is 17.5. The van der Waals surface area contributed by atoms with Gasteiger partial charge in [-0.1, -0.05) is 0 Å². The minimum Gasteiger partial charge on any atom is -0.347 e. The van der Waals surface area contributed by atoms with Crippen LogP contribution < -0.4 is 10.6 Å². The van der Waals surface area contributed by atoms with E-state index in [0.29, 0.717) is 29.9 Å². The fourth-order valence-electron chi connectivity index (χ4n) is 3.43. The van der Waals surface area contributed by atoms with Crippen molar-refractivity contribution in [3.63, 3.8) is 0 Å². The Bertz CT molecular complexity index is 1070. The standard InChI is InChI=1S/C20H21N9OS/c21-5-9-29-8-1-2-15(12-29)16-4-6-22-19(26-16)28-20-27-17(13-31-20)18(30)23-10-14-3-7-24-25-11-14/h3-4,6-7,11,13,15H,1-2,8-10,12H2,(H,23,30)(H,22,26,27,28)/t15-/m1/s1. The molecular weight excluding hydrogens is 414 g/mol. The summed E-state index contributed by atoms with van der Waals surface area (Å²) in [6, 6.07) is 5.92. The summed E-state index contributed by atoms with van der Waals surface area (Å²) in [5.41, 5.74) is 2.13. The highest BCUT2D eigenvalue weighted by Crippen LogP contribution is 2.26. The van der Waals surface area contributed by atoms with E-state index >= 15 is 0 Å². The molecule has 2 N–H and O–H groups in total. The quantitative estimate of drug-likeness (QED) is 0.535. The Morgan fingerprint density at radius 3 is 3.06 bits per heavy atom. The molecule has 31 heavy (non-hydrogen) atoms. The molecule has 0 unspecified atom stereocenters. The van der Waals surface area contributed by atoms with Crippen LogP contribution in [0.1, 0.15) is 40.5 Å². The minimum atomic E-state index is -0.268. The van der Waals surface area contributed by atoms with Crippen molar-refractivity contribution in [3.05, 3.63) is 53.1 Å². The predicted octanol–water partition coefficient (Wildman–Crippen LogP) is 2.10. The van der Waals surface area contributed by atoms with Gasteiger partial charge >= 0.3 is 0 Å². The molecule has 1 aliphatic heterocycles. The van der Waals surface area contributed by atoms with E-state index in [2.05, 4.69) is 46.8 Å². The first-order chi connectivity index (χ1) is 15.2. The third-order valence-corrected chi connectivity index (χ3v) is 5.71. The van der Waals surface area contributed by atoms with Crippen LogP contribution in [0.5, 0.6) is 0 Å². The molecule has 0 saturated carbocycles. The zero-order valence-electron chi connectivity index (χ0n) is 16.7. The maximum atomic E-state index is 12.3. The zero-order chi connectivity index (χ0) is 21.5. The minimum absolute atomic E-state index is 0.268. The van der Waals surface area contributed by atoms with Crippen LogP contribution in [-0.2, 0) is 6.54 Å². The molecule has 1 fully saturated rings. The van der Waals surface area contributed by atoms with E-state index < -0.39 is 0 Å². The van der Waals surface area contributed by atoms with Gasteiger partial charge in [0.25, 0.3) is 5.91 Å². The number of nitrogens with one attached hydrogen (secondary N) is 2. The Balaban J connectivity index is 1.37. The molecule has 1 atom stereocenters. The lowest BCUT2D eigenvalue weighted by molar-refractivity contribution is 0.0946. The Hall–Kier alpha value is -3.49. The average Bonchev–Trinajstić information content (AvgIpc) is 3.27. The Labute approximate surface area is 183 Å². The highest BCUT2D eigenvalue weighted by Gasteiger charge is 2.22. The summed E-state index contributed by atoms with van der Waals surface area (Å²) in [5.74, 6) is 0.445. The van der Waals surface area contributed by atoms with Gasteiger partial charge in [-0.25, -0.2) is 15.0 Å². The summed E-state index contributed by atoms with van der Waals surface area (Å²) >= 11 is 1.31. The van der Waals surface area contributed by atoms with E-state index in [1.54, 1.807) is 30.0 Å². The first-order valence-electron chi connectivity index (χ1n) is 9.90. The number of nitrogens with zero attached hydrogens (tertiary/aromatic N) is 7. The summed E-state index contributed by atoms with van der Waals surface area (Å²) in [6.45, 7) is 2.55. The molecule has 1 saturated heterocycles. The van der Waals surface area contributed by atoms with E-state index in [9.17, 15) is 4.79 Å². The third kappa shape index (κ3) is 5.56. The second kappa shape index (κ2) is 10.0. The highest BCUT2D eigenvalue weighted by atomic mass is 32.1. The van der Waals surface area contributed by atoms with Gasteiger partial charge < -0.3 is 10.6 Å². The van der Waals surface area contributed by atoms with Gasteiger partial charge in [-0.3, -0.25) is 9.69 Å². The molecule has 0 radical (unpaired) electrons. The molecule has 158 valence electrons. The highest BCUT2D eigenvalue weighted by molar-refractivity contribution is 7.14. The molecule has 3 aromatic heterocycles. The maximum absolute atomic E-state index is 12.3. The van der Waals surface area contributed by atoms with Crippen LogP contribution in [0, 0.1) is 11.3 Å². The van der Waals surface area contributed by atoms with Crippen molar-refractivity contribution in [2.24, 2.45) is 0 Å². The van der Waals surface area contributed by atoms with E-state index in [-0.39, 0.29) is 11.8 Å². The summed E-state index contributed by atoms with van der Waals surface area (Å²) in [6.07, 6.45) is 6.98. The average molecular weight is 436 g/mol. The van der Waals surface area contributed by atoms with Gasteiger partial charge in [0.05, 0.1) is 24.5 Å². The first kappa shape index (κ1) is 20.8. The van der Waals surface area contributed by atoms with Gasteiger partial charge in [0.2, 0.25) is 5.95 Å². The number of amides is 1. The first-order valence-corrected chi connectivity index (χ1v) is 10.8. The molecule has 0 aliphatic carbocycles. The molecular formula is C20H21N9OS. The summed E-state index contributed by atoms with van der Waals surface area (Å²) in [7, 11) is 0. The Kier molecular flexibility index (Phi) is 6.71. The van der Waals surface area contributed by atoms with Crippen molar-refractivity contribution in [3.8, 4) is 6.07 Å². The monoisotopic (exact) mass is 435 g/mol. The van der Waals surface area contributed by atoms with Crippen molar-refractivity contribution in [1.29, 1.82) is 5.26 Å². The third-order valence-electron chi connectivity index (χ3n) is 4.95. The van der Waals surface area contributed by atoms with Crippen LogP contribution >= 0.6 is 11.3 Å². The second-order valence-electron chi connectivity index (χ2n) is 7.13. The number of piperidine rings is 1. The largest absolute Gasteiger partial charge is 0.347 e. The van der Waals surface area contributed by atoms with Gasteiger partial charge in [-0.15, -0.1) is 11.3 Å². The number of rotatable bonds is 7. The normalized spacial score (nSPS) is 16.4. The number of hydrogen-bond acceptors (Lipinski definition) is 10. The number of carbonyl (C=O) groups excluding carboxylic acids is 1. The van der Waals surface area contributed by atoms with Crippen LogP contribution in [0.4, 0.5) is 11.1 Å². The lowest BCUT2D eigenvalue weighted by Gasteiger charge is -2.30. The summed E-state index contributed by atoms with van der Waals surface area (Å²) < 4.78 is 0. The van der Waals surface area contributed by atoms with Crippen molar-refractivity contribution in [2.45, 2.75) is 25.3 Å². The number of hydrogen-bond donors (Lipinski definition) is 2. The SMILES string of the molecule is N#CCN1CCC[C@@H](c2ccnc(Nc3nc(C(=O)NCc4ccnnc4)cs3)n2)C1. The molecule has 0 bridgehead atoms. The van der Waals surface area contributed by atoms with Crippen molar-refractivity contribution in [1.82, 2.24) is 35.4 Å². The number of anilines is 2. The topological polar surface area (TPSA) is 133 Å². The van der Waals surface area contributed by atoms with Gasteiger partial charge in [0, 0.05) is 36.8 Å². The maximum Gasteiger partial charge on any atom is 0.271 e. The molecule has 0 aromatic carbocycles. The van der Waals surface area contributed by atoms with E-state index in [1.807, 2.05) is 6.07 Å². The number of carbonyl (C=O) groups is 1. The molecule has 10 nitrogen and oxygen atoms in total. The fraction of sp³-hybridized carbons (Fsp3) is 0.350. The van der Waals surface area contributed by atoms with Gasteiger partial charge in [0.15, 0.2) is 5.13 Å². The van der Waals surface area contributed by atoms with E-state index in [1.165, 1.54) is 11.3 Å². The molecule has 1 aliphatic rings. The number of likely N-dealkylation sites (tertiary alicyclic amines) is 1. The predicted molar refractivity (Wildman–Crippen MR) is 115 cm³/mol. The van der Waals surface area contributed by atoms with Crippen LogP contribution in [-0.4, -0.2) is 55.6 Å². The molecule has 3 aromatic rings. The molecule has 4 rings (SSSR count). The van der Waals surface area contributed by atoms with Gasteiger partial charge in [-0.05, 0) is 37.1 Å². The van der Waals surface area contributed by atoms with Crippen LogP contribution in [0.15, 0.2) is 36.1 Å². The second-order valence-corrected chi connectivity index (χ2v) is 7.99. The van der Waals surface area contributed by atoms with E-state index in [4.69, 9.17) is 5.26 Å². The summed E-state index contributed by atoms with van der Waals surface area (Å²) in [5, 5.41) is 24.6. The van der Waals surface area contributed by atoms with E-state index in [0.717, 1.165) is 37.2 Å². The molecule has 0 spiro atoms. The van der Waals surface area contributed by atoms with Crippen molar-refractivity contribution < 1.29 is 4.79 Å². The molecule has 11 heteroatoms. The summed E-state index contributed by atoms with van der Waals surface area (Å²) in [4.78, 5) is 27.7. The van der Waals surface area contributed by atoms with Gasteiger partial charge in [-0.2, -0.15) is 15.5 Å². The lowest BCUT2D eigenvalue weighted by Crippen LogP contribution is -2.34. The van der Waals surface area contributed by atoms with Crippen molar-refractivity contribution >= 4 is 28.3 Å². The van der Waals surface area contributed by atoms with Crippen LogP contribution in [0.3, 0.4) is 0 Å². The fourth-order valence-corrected chi connectivity index (χ4v) is 4.11. The lowest BCUT2D eigenvalue weighted by atomic mass is 9.94. The van der Waals surface area contributed by atoms with Crippen molar-refractivity contribution in [2.75, 3.05) is 25.0 Å². The molecule has 4 heterocycles. The number of thiazole rings is 1. The van der Waals surface area contributed by atoms with Gasteiger partial charge in [0.1, 0.15) is 5.69 Å². The Morgan fingerprint density at radius 2 is 2.23 bits per heavy atom. The number of aromatic nitrogens is 5. The van der Waals surface area contributed by atoms with Crippen LogP contribution in [0.25, 0.3) is 0 Å². The molecule has 1 amide bonds. The van der Waals surface area contributed by atoms with Crippen LogP contribution in [0.2, 0.25) is 0 Å². The number of nitriles is 1. The smallest absolute Gasteiger partial charge is 0.271 e. The Morgan fingerprint density at radius 1 is 1.29 bits per heavy atom.